The van der Waals surface area contributed by atoms with Crippen LogP contribution in [0.3, 0.4) is 0 Å². The molecule has 0 amide bonds. The van der Waals surface area contributed by atoms with Gasteiger partial charge in [-0.3, -0.25) is 0 Å². The number of hydrogen-bond acceptors (Lipinski definition) is 4. The topological polar surface area (TPSA) is 44.8 Å². The number of thiazole rings is 1. The van der Waals surface area contributed by atoms with Gasteiger partial charge in [0.05, 0.1) is 5.69 Å². The molecule has 144 valence electrons. The lowest BCUT2D eigenvalue weighted by atomic mass is 10.0. The minimum atomic E-state index is 0.607. The minimum absolute atomic E-state index is 0.607. The first kappa shape index (κ1) is 19.2. The van der Waals surface area contributed by atoms with Gasteiger partial charge in [-0.05, 0) is 50.6 Å². The van der Waals surface area contributed by atoms with E-state index in [0.717, 1.165) is 51.6 Å². The van der Waals surface area contributed by atoms with E-state index in [4.69, 9.17) is 28.2 Å². The molecule has 4 aromatic rings. The number of aryl methyl sites for hydroxylation is 1. The molecular formula is C21H20Cl2N4S. The van der Waals surface area contributed by atoms with Crippen molar-refractivity contribution in [3.8, 4) is 22.4 Å². The fourth-order valence-electron chi connectivity index (χ4n) is 3.34. The van der Waals surface area contributed by atoms with Crippen LogP contribution in [0.1, 0.15) is 18.7 Å². The van der Waals surface area contributed by atoms with Crippen LogP contribution in [0, 0.1) is 6.92 Å². The molecule has 1 aromatic carbocycles. The Balaban J connectivity index is 1.83. The first-order chi connectivity index (χ1) is 13.5. The number of pyridine rings is 1. The van der Waals surface area contributed by atoms with Crippen LogP contribution in [-0.4, -0.2) is 28.0 Å². The van der Waals surface area contributed by atoms with Gasteiger partial charge in [0.1, 0.15) is 5.65 Å². The van der Waals surface area contributed by atoms with Gasteiger partial charge in [-0.2, -0.15) is 0 Å². The molecule has 0 saturated carbocycles. The first-order valence-electron chi connectivity index (χ1n) is 9.16. The van der Waals surface area contributed by atoms with Crippen LogP contribution < -0.4 is 4.90 Å². The Bertz CT molecular complexity index is 1120. The third kappa shape index (κ3) is 3.50. The number of rotatable bonds is 5. The maximum atomic E-state index is 6.18. The van der Waals surface area contributed by atoms with E-state index in [2.05, 4.69) is 41.7 Å². The van der Waals surface area contributed by atoms with Crippen molar-refractivity contribution < 1.29 is 0 Å². The van der Waals surface area contributed by atoms with Gasteiger partial charge in [0.25, 0.3) is 0 Å². The second kappa shape index (κ2) is 7.74. The summed E-state index contributed by atoms with van der Waals surface area (Å²) in [5, 5.41) is 3.30. The number of aromatic amines is 1. The summed E-state index contributed by atoms with van der Waals surface area (Å²) >= 11 is 14.1. The number of anilines is 1. The molecule has 3 heterocycles. The van der Waals surface area contributed by atoms with Crippen LogP contribution in [-0.2, 0) is 0 Å². The number of H-pyrrole nitrogens is 1. The van der Waals surface area contributed by atoms with Crippen molar-refractivity contribution >= 4 is 50.7 Å². The molecule has 1 N–H and O–H groups in total. The summed E-state index contributed by atoms with van der Waals surface area (Å²) in [5.41, 5.74) is 4.81. The number of hydrogen-bond donors (Lipinski definition) is 1. The highest BCUT2D eigenvalue weighted by molar-refractivity contribution is 7.16. The Morgan fingerprint density at radius 2 is 1.75 bits per heavy atom. The van der Waals surface area contributed by atoms with Gasteiger partial charge in [-0.15, -0.1) is 11.3 Å². The lowest BCUT2D eigenvalue weighted by Gasteiger charge is -2.16. The molecule has 3 aromatic heterocycles. The standard InChI is InChI=1S/C21H20Cl2N4S/c1-4-27(5-2)21-26-19(12(3)28-21)18-11-25-20-17(18)8-14(10-24-20)13-6-15(22)9-16(23)7-13/h6-11H,4-5H2,1-3H3,(H,24,25). The number of nitrogens with one attached hydrogen (secondary N) is 1. The largest absolute Gasteiger partial charge is 0.349 e. The normalized spacial score (nSPS) is 11.3. The molecular weight excluding hydrogens is 411 g/mol. The van der Waals surface area contributed by atoms with E-state index >= 15 is 0 Å². The van der Waals surface area contributed by atoms with Crippen molar-refractivity contribution in [3.05, 3.63) is 51.6 Å². The summed E-state index contributed by atoms with van der Waals surface area (Å²) in [5.74, 6) is 0. The number of aromatic nitrogens is 3. The number of nitrogens with zero attached hydrogens (tertiary/aromatic N) is 3. The second-order valence-corrected chi connectivity index (χ2v) is 8.61. The van der Waals surface area contributed by atoms with Crippen LogP contribution in [0.2, 0.25) is 10.0 Å². The van der Waals surface area contributed by atoms with Gasteiger partial charge in [0.15, 0.2) is 5.13 Å². The SMILES string of the molecule is CCN(CC)c1nc(-c2c[nH]c3ncc(-c4cc(Cl)cc(Cl)c4)cc23)c(C)s1. The Labute approximate surface area is 178 Å². The lowest BCUT2D eigenvalue weighted by Crippen LogP contribution is -2.21. The fraction of sp³-hybridized carbons (Fsp3) is 0.238. The smallest absolute Gasteiger partial charge is 0.186 e. The Morgan fingerprint density at radius 1 is 1.04 bits per heavy atom. The molecule has 0 radical (unpaired) electrons. The average Bonchev–Trinajstić information content (AvgIpc) is 3.24. The number of halogens is 2. The van der Waals surface area contributed by atoms with E-state index < -0.39 is 0 Å². The van der Waals surface area contributed by atoms with Crippen LogP contribution in [0.5, 0.6) is 0 Å². The molecule has 28 heavy (non-hydrogen) atoms. The van der Waals surface area contributed by atoms with Crippen LogP contribution in [0.25, 0.3) is 33.4 Å². The molecule has 0 atom stereocenters. The zero-order valence-electron chi connectivity index (χ0n) is 15.9. The predicted octanol–water partition coefficient (Wildman–Crippen LogP) is 6.81. The maximum Gasteiger partial charge on any atom is 0.186 e. The van der Waals surface area contributed by atoms with E-state index in [1.54, 1.807) is 17.4 Å². The van der Waals surface area contributed by atoms with Crippen LogP contribution in [0.15, 0.2) is 36.7 Å². The molecule has 0 saturated heterocycles. The summed E-state index contributed by atoms with van der Waals surface area (Å²) in [6.45, 7) is 8.30. The van der Waals surface area contributed by atoms with Crippen molar-refractivity contribution in [1.82, 2.24) is 15.0 Å². The minimum Gasteiger partial charge on any atom is -0.349 e. The third-order valence-corrected chi connectivity index (χ3v) is 6.27. The Hall–Kier alpha value is -2.08. The Morgan fingerprint density at radius 3 is 2.43 bits per heavy atom. The summed E-state index contributed by atoms with van der Waals surface area (Å²) in [4.78, 5) is 16.3. The molecule has 0 aliphatic rings. The average molecular weight is 431 g/mol. The van der Waals surface area contributed by atoms with Crippen molar-refractivity contribution in [2.24, 2.45) is 0 Å². The van der Waals surface area contributed by atoms with Crippen molar-refractivity contribution in [2.75, 3.05) is 18.0 Å². The molecule has 4 nitrogen and oxygen atoms in total. The Kier molecular flexibility index (Phi) is 5.32. The van der Waals surface area contributed by atoms with E-state index in [0.29, 0.717) is 10.0 Å². The molecule has 4 rings (SSSR count). The summed E-state index contributed by atoms with van der Waals surface area (Å²) in [6, 6.07) is 7.64. The quantitative estimate of drug-likeness (QED) is 0.377. The van der Waals surface area contributed by atoms with Gasteiger partial charge in [0, 0.05) is 56.9 Å². The highest BCUT2D eigenvalue weighted by Gasteiger charge is 2.17. The zero-order valence-corrected chi connectivity index (χ0v) is 18.2. The van der Waals surface area contributed by atoms with Crippen molar-refractivity contribution in [3.63, 3.8) is 0 Å². The van der Waals surface area contributed by atoms with Crippen molar-refractivity contribution in [2.45, 2.75) is 20.8 Å². The van der Waals surface area contributed by atoms with Crippen molar-refractivity contribution in [1.29, 1.82) is 0 Å². The highest BCUT2D eigenvalue weighted by Crippen LogP contribution is 2.37. The number of fused-ring (bicyclic) bond motifs is 1. The third-order valence-electron chi connectivity index (χ3n) is 4.80. The molecule has 0 spiro atoms. The first-order valence-corrected chi connectivity index (χ1v) is 10.7. The second-order valence-electron chi connectivity index (χ2n) is 6.55. The molecule has 0 unspecified atom stereocenters. The molecule has 7 heteroatoms. The summed E-state index contributed by atoms with van der Waals surface area (Å²) in [6.07, 6.45) is 3.82. The van der Waals surface area contributed by atoms with Crippen LogP contribution >= 0.6 is 34.5 Å². The zero-order chi connectivity index (χ0) is 19.8. The van der Waals surface area contributed by atoms with Gasteiger partial charge in [-0.25, -0.2) is 9.97 Å². The number of benzene rings is 1. The van der Waals surface area contributed by atoms with Crippen LogP contribution in [0.4, 0.5) is 5.13 Å². The molecule has 0 aliphatic carbocycles. The van der Waals surface area contributed by atoms with E-state index in [9.17, 15) is 0 Å². The lowest BCUT2D eigenvalue weighted by molar-refractivity contribution is 0.860. The van der Waals surface area contributed by atoms with Gasteiger partial charge in [0.2, 0.25) is 0 Å². The molecule has 0 fully saturated rings. The molecule has 0 bridgehead atoms. The summed E-state index contributed by atoms with van der Waals surface area (Å²) in [7, 11) is 0. The van der Waals surface area contributed by atoms with Gasteiger partial charge in [-0.1, -0.05) is 23.2 Å². The van der Waals surface area contributed by atoms with E-state index in [1.165, 1.54) is 4.88 Å². The highest BCUT2D eigenvalue weighted by atomic mass is 35.5. The van der Waals surface area contributed by atoms with Gasteiger partial charge >= 0.3 is 0 Å². The fourth-order valence-corrected chi connectivity index (χ4v) is 4.92. The maximum absolute atomic E-state index is 6.18. The summed E-state index contributed by atoms with van der Waals surface area (Å²) < 4.78 is 0. The molecule has 0 aliphatic heterocycles. The van der Waals surface area contributed by atoms with E-state index in [-0.39, 0.29) is 0 Å². The monoisotopic (exact) mass is 430 g/mol. The van der Waals surface area contributed by atoms with Gasteiger partial charge < -0.3 is 9.88 Å². The predicted molar refractivity (Wildman–Crippen MR) is 121 cm³/mol. The van der Waals surface area contributed by atoms with E-state index in [1.807, 2.05) is 24.5 Å².